The Balaban J connectivity index is 1.54. The molecule has 2 amide bonds. The summed E-state index contributed by atoms with van der Waals surface area (Å²) in [6, 6.07) is 6.22. The molecule has 0 saturated heterocycles. The topological polar surface area (TPSA) is 102 Å². The molecule has 0 aliphatic heterocycles. The van der Waals surface area contributed by atoms with Crippen molar-refractivity contribution in [2.24, 2.45) is 5.92 Å². The fourth-order valence-electron chi connectivity index (χ4n) is 3.56. The maximum Gasteiger partial charge on any atom is 0.265 e. The molecule has 1 aliphatic rings. The van der Waals surface area contributed by atoms with E-state index in [1.165, 1.54) is 22.9 Å². The van der Waals surface area contributed by atoms with E-state index in [0.29, 0.717) is 42.9 Å². The largest absolute Gasteiger partial charge is 0.382 e. The van der Waals surface area contributed by atoms with Crippen LogP contribution in [0.1, 0.15) is 46.9 Å². The Kier molecular flexibility index (Phi) is 7.50. The number of benzene rings is 1. The second-order valence-corrected chi connectivity index (χ2v) is 8.78. The zero-order valence-corrected chi connectivity index (χ0v) is 20.1. The molecule has 0 bridgehead atoms. The monoisotopic (exact) mass is 502 g/mol. The summed E-state index contributed by atoms with van der Waals surface area (Å²) < 4.78 is 6.64. The molecule has 178 valence electrons. The van der Waals surface area contributed by atoms with Crippen LogP contribution < -0.4 is 10.6 Å². The minimum atomic E-state index is -0.459. The quantitative estimate of drug-likeness (QED) is 0.418. The number of carbonyl (C=O) groups is 3. The summed E-state index contributed by atoms with van der Waals surface area (Å²) in [5.74, 6) is -0.447. The van der Waals surface area contributed by atoms with E-state index >= 15 is 0 Å². The van der Waals surface area contributed by atoms with Crippen LogP contribution in [-0.4, -0.2) is 47.0 Å². The molecule has 0 spiro atoms. The molecule has 4 rings (SSSR count). The summed E-state index contributed by atoms with van der Waals surface area (Å²) in [7, 11) is 0. The highest BCUT2D eigenvalue weighted by molar-refractivity contribution is 6.40. The second kappa shape index (κ2) is 10.5. The van der Waals surface area contributed by atoms with Gasteiger partial charge in [0.25, 0.3) is 11.8 Å². The number of pyridine rings is 1. The van der Waals surface area contributed by atoms with Crippen LogP contribution in [0.5, 0.6) is 0 Å². The smallest absolute Gasteiger partial charge is 0.265 e. The summed E-state index contributed by atoms with van der Waals surface area (Å²) in [6.45, 7) is 3.53. The van der Waals surface area contributed by atoms with Gasteiger partial charge in [-0.25, -0.2) is 4.98 Å². The number of hydrogen-bond donors (Lipinski definition) is 2. The van der Waals surface area contributed by atoms with Gasteiger partial charge in [-0.1, -0.05) is 23.2 Å². The number of amides is 2. The number of nitrogens with zero attached hydrogens (tertiary/aromatic N) is 2. The number of ether oxygens (including phenoxy) is 1. The molecule has 1 aromatic carbocycles. The van der Waals surface area contributed by atoms with Gasteiger partial charge >= 0.3 is 0 Å². The van der Waals surface area contributed by atoms with Crippen molar-refractivity contribution in [1.82, 2.24) is 14.9 Å². The van der Waals surface area contributed by atoms with E-state index in [1.54, 1.807) is 18.3 Å². The van der Waals surface area contributed by atoms with E-state index in [2.05, 4.69) is 15.6 Å². The molecule has 2 heterocycles. The van der Waals surface area contributed by atoms with Gasteiger partial charge in [-0.3, -0.25) is 19.0 Å². The van der Waals surface area contributed by atoms with E-state index in [9.17, 15) is 14.4 Å². The van der Waals surface area contributed by atoms with Gasteiger partial charge in [0, 0.05) is 49.0 Å². The zero-order chi connectivity index (χ0) is 24.2. The van der Waals surface area contributed by atoms with Crippen molar-refractivity contribution >= 4 is 57.6 Å². The van der Waals surface area contributed by atoms with Gasteiger partial charge in [0.2, 0.25) is 5.91 Å². The summed E-state index contributed by atoms with van der Waals surface area (Å²) >= 11 is 12.8. The van der Waals surface area contributed by atoms with Crippen LogP contribution in [0, 0.1) is 5.92 Å². The Morgan fingerprint density at radius 2 is 1.91 bits per heavy atom. The first-order valence-corrected chi connectivity index (χ1v) is 11.8. The highest BCUT2D eigenvalue weighted by Crippen LogP contribution is 2.32. The number of rotatable bonds is 9. The fraction of sp³-hybridized carbons (Fsp3) is 0.333. The average Bonchev–Trinajstić information content (AvgIpc) is 3.57. The molecule has 1 fully saturated rings. The van der Waals surface area contributed by atoms with Gasteiger partial charge in [0.05, 0.1) is 21.1 Å². The molecular weight excluding hydrogens is 479 g/mol. The standard InChI is InChI=1S/C24H24Cl2N4O4/c1-2-34-11-3-8-28-22(31)15-12-17(25)20(18(26)13-15)24(33)30-10-7-16-19(30)6-9-27-21(16)29-23(32)14-4-5-14/h6-7,9-10,12-14H,2-5,8,11H2,1H3,(H,28,31)(H,27,29,32). The molecule has 1 aliphatic carbocycles. The third kappa shape index (κ3) is 5.24. The van der Waals surface area contributed by atoms with Crippen LogP contribution in [0.15, 0.2) is 36.7 Å². The maximum atomic E-state index is 13.3. The summed E-state index contributed by atoms with van der Waals surface area (Å²) in [5.41, 5.74) is 0.887. The second-order valence-electron chi connectivity index (χ2n) is 7.97. The lowest BCUT2D eigenvalue weighted by molar-refractivity contribution is -0.117. The minimum Gasteiger partial charge on any atom is -0.382 e. The van der Waals surface area contributed by atoms with Gasteiger partial charge in [-0.15, -0.1) is 0 Å². The van der Waals surface area contributed by atoms with Crippen molar-refractivity contribution in [1.29, 1.82) is 0 Å². The molecule has 0 radical (unpaired) electrons. The predicted octanol–water partition coefficient (Wildman–Crippen LogP) is 4.54. The van der Waals surface area contributed by atoms with Crippen LogP contribution in [0.25, 0.3) is 10.9 Å². The highest BCUT2D eigenvalue weighted by Gasteiger charge is 2.30. The summed E-state index contributed by atoms with van der Waals surface area (Å²) in [5, 5.41) is 6.36. The first-order chi connectivity index (χ1) is 16.4. The predicted molar refractivity (Wildman–Crippen MR) is 131 cm³/mol. The molecular formula is C24H24Cl2N4O4. The van der Waals surface area contributed by atoms with Crippen LogP contribution in [0.2, 0.25) is 10.0 Å². The Hall–Kier alpha value is -2.94. The molecule has 2 aromatic heterocycles. The van der Waals surface area contributed by atoms with Crippen molar-refractivity contribution in [3.8, 4) is 0 Å². The third-order valence-corrected chi connectivity index (χ3v) is 6.09. The van der Waals surface area contributed by atoms with Gasteiger partial charge in [-0.05, 0) is 50.5 Å². The third-order valence-electron chi connectivity index (χ3n) is 5.50. The molecule has 34 heavy (non-hydrogen) atoms. The SMILES string of the molecule is CCOCCCNC(=O)c1cc(Cl)c(C(=O)n2ccc3c(NC(=O)C4CC4)nccc32)c(Cl)c1. The lowest BCUT2D eigenvalue weighted by atomic mass is 10.1. The van der Waals surface area contributed by atoms with Crippen LogP contribution in [-0.2, 0) is 9.53 Å². The van der Waals surface area contributed by atoms with E-state index in [0.717, 1.165) is 12.8 Å². The summed E-state index contributed by atoms with van der Waals surface area (Å²) in [6.07, 6.45) is 5.53. The van der Waals surface area contributed by atoms with Crippen molar-refractivity contribution in [3.05, 3.63) is 57.8 Å². The molecule has 0 atom stereocenters. The first kappa shape index (κ1) is 24.2. The van der Waals surface area contributed by atoms with Gasteiger partial charge in [-0.2, -0.15) is 0 Å². The molecule has 10 heteroatoms. The van der Waals surface area contributed by atoms with Gasteiger partial charge in [0.15, 0.2) is 0 Å². The number of hydrogen-bond acceptors (Lipinski definition) is 5. The van der Waals surface area contributed by atoms with E-state index in [1.807, 2.05) is 6.92 Å². The first-order valence-electron chi connectivity index (χ1n) is 11.1. The maximum absolute atomic E-state index is 13.3. The Morgan fingerprint density at radius 3 is 2.59 bits per heavy atom. The number of fused-ring (bicyclic) bond motifs is 1. The number of anilines is 1. The minimum absolute atomic E-state index is 0.0266. The number of aromatic nitrogens is 2. The van der Waals surface area contributed by atoms with Crippen molar-refractivity contribution in [2.75, 3.05) is 25.1 Å². The number of halogens is 2. The van der Waals surface area contributed by atoms with E-state index in [4.69, 9.17) is 27.9 Å². The molecule has 3 aromatic rings. The van der Waals surface area contributed by atoms with Crippen LogP contribution in [0.3, 0.4) is 0 Å². The summed E-state index contributed by atoms with van der Waals surface area (Å²) in [4.78, 5) is 42.2. The Labute approximate surface area is 206 Å². The van der Waals surface area contributed by atoms with Gasteiger partial charge < -0.3 is 15.4 Å². The van der Waals surface area contributed by atoms with Gasteiger partial charge in [0.1, 0.15) is 5.82 Å². The van der Waals surface area contributed by atoms with Crippen molar-refractivity contribution in [2.45, 2.75) is 26.2 Å². The lowest BCUT2D eigenvalue weighted by Crippen LogP contribution is -2.25. The highest BCUT2D eigenvalue weighted by atomic mass is 35.5. The zero-order valence-electron chi connectivity index (χ0n) is 18.6. The molecule has 1 saturated carbocycles. The normalized spacial score (nSPS) is 13.1. The number of carbonyl (C=O) groups excluding carboxylic acids is 3. The average molecular weight is 503 g/mol. The Bertz CT molecular complexity index is 1230. The Morgan fingerprint density at radius 1 is 1.18 bits per heavy atom. The molecule has 8 nitrogen and oxygen atoms in total. The van der Waals surface area contributed by atoms with Crippen molar-refractivity contribution < 1.29 is 19.1 Å². The fourth-order valence-corrected chi connectivity index (χ4v) is 4.21. The van der Waals surface area contributed by atoms with E-state index in [-0.39, 0.29) is 38.9 Å². The molecule has 0 unspecified atom stereocenters. The molecule has 2 N–H and O–H groups in total. The van der Waals surface area contributed by atoms with E-state index < -0.39 is 5.91 Å². The van der Waals surface area contributed by atoms with Crippen LogP contribution >= 0.6 is 23.2 Å². The number of nitrogens with one attached hydrogen (secondary N) is 2. The van der Waals surface area contributed by atoms with Crippen LogP contribution in [0.4, 0.5) is 5.82 Å². The lowest BCUT2D eigenvalue weighted by Gasteiger charge is -2.12. The van der Waals surface area contributed by atoms with Crippen molar-refractivity contribution in [3.63, 3.8) is 0 Å².